The number of benzene rings is 2. The molecule has 0 amide bonds. The van der Waals surface area contributed by atoms with E-state index in [2.05, 4.69) is 6.07 Å². The normalized spacial score (nSPS) is 11.3. The number of non-ortho nitro benzene ring substituents is 1. The van der Waals surface area contributed by atoms with Crippen molar-refractivity contribution in [2.24, 2.45) is 0 Å². The first kappa shape index (κ1) is 16.2. The monoisotopic (exact) mass is 308 g/mol. The summed E-state index contributed by atoms with van der Waals surface area (Å²) in [6.07, 6.45) is 0.614. The topological polar surface area (TPSA) is 76.2 Å². The van der Waals surface area contributed by atoms with Crippen LogP contribution in [-0.2, 0) is 11.2 Å². The zero-order valence-electron chi connectivity index (χ0n) is 12.7. The molecule has 0 unspecified atom stereocenters. The highest BCUT2D eigenvalue weighted by Crippen LogP contribution is 2.19. The van der Waals surface area contributed by atoms with Crippen LogP contribution in [0.2, 0.25) is 0 Å². The van der Waals surface area contributed by atoms with Crippen LogP contribution < -0.4 is 0 Å². The summed E-state index contributed by atoms with van der Waals surface area (Å²) in [4.78, 5) is 10.2. The molecule has 0 saturated carbocycles. The van der Waals surface area contributed by atoms with Gasteiger partial charge in [-0.25, -0.2) is 0 Å². The number of allylic oxidation sites excluding steroid dienone is 2. The molecular formula is C18H16N2O3. The van der Waals surface area contributed by atoms with Gasteiger partial charge in [0.25, 0.3) is 5.69 Å². The van der Waals surface area contributed by atoms with E-state index in [9.17, 15) is 15.4 Å². The van der Waals surface area contributed by atoms with Gasteiger partial charge in [0.1, 0.15) is 11.8 Å². The van der Waals surface area contributed by atoms with Gasteiger partial charge < -0.3 is 4.74 Å². The van der Waals surface area contributed by atoms with Crippen molar-refractivity contribution in [3.05, 3.63) is 81.6 Å². The Hall–Kier alpha value is -3.13. The molecule has 5 heteroatoms. The number of nitriles is 1. The lowest BCUT2D eigenvalue weighted by molar-refractivity contribution is -0.384. The van der Waals surface area contributed by atoms with E-state index in [1.807, 2.05) is 30.3 Å². The molecule has 2 rings (SSSR count). The Kier molecular flexibility index (Phi) is 5.48. The van der Waals surface area contributed by atoms with Crippen LogP contribution in [0.3, 0.4) is 0 Å². The van der Waals surface area contributed by atoms with E-state index >= 15 is 0 Å². The molecule has 0 aromatic heterocycles. The molecule has 0 saturated heterocycles. The molecule has 2 aromatic carbocycles. The molecule has 23 heavy (non-hydrogen) atoms. The summed E-state index contributed by atoms with van der Waals surface area (Å²) in [5.74, 6) is 0.570. The molecule has 0 N–H and O–H groups in total. The van der Waals surface area contributed by atoms with E-state index in [-0.39, 0.29) is 5.69 Å². The van der Waals surface area contributed by atoms with Gasteiger partial charge in [0.15, 0.2) is 0 Å². The molecule has 0 heterocycles. The van der Waals surface area contributed by atoms with E-state index in [1.165, 1.54) is 12.1 Å². The van der Waals surface area contributed by atoms with Crippen molar-refractivity contribution in [1.29, 1.82) is 5.26 Å². The highest BCUT2D eigenvalue weighted by Gasteiger charge is 2.07. The lowest BCUT2D eigenvalue weighted by Crippen LogP contribution is -1.99. The van der Waals surface area contributed by atoms with Gasteiger partial charge >= 0.3 is 0 Å². The van der Waals surface area contributed by atoms with Crippen molar-refractivity contribution in [1.82, 2.24) is 0 Å². The first-order valence-corrected chi connectivity index (χ1v) is 7.14. The van der Waals surface area contributed by atoms with Gasteiger partial charge in [0.05, 0.1) is 17.1 Å². The SMILES string of the molecule is C/C(OCCc1ccc([N+](=O)[O-])cc1)=C(/C#N)c1ccccc1. The van der Waals surface area contributed by atoms with Crippen molar-refractivity contribution in [2.45, 2.75) is 13.3 Å². The molecule has 0 aliphatic heterocycles. The standard InChI is InChI=1S/C18H16N2O3/c1-14(18(13-19)16-5-3-2-4-6-16)23-12-11-15-7-9-17(10-8-15)20(21)22/h2-10H,11-12H2,1H3/b18-14+. The predicted molar refractivity (Wildman–Crippen MR) is 87.4 cm³/mol. The van der Waals surface area contributed by atoms with Gasteiger partial charge in [-0.15, -0.1) is 0 Å². The van der Waals surface area contributed by atoms with Gasteiger partial charge in [0, 0.05) is 18.6 Å². The second-order valence-electron chi connectivity index (χ2n) is 4.93. The van der Waals surface area contributed by atoms with Crippen molar-refractivity contribution < 1.29 is 9.66 Å². The summed E-state index contributed by atoms with van der Waals surface area (Å²) in [6, 6.07) is 17.9. The molecule has 0 atom stereocenters. The Bertz CT molecular complexity index is 744. The fraction of sp³-hybridized carbons (Fsp3) is 0.167. The predicted octanol–water partition coefficient (Wildman–Crippen LogP) is 4.11. The highest BCUT2D eigenvalue weighted by atomic mass is 16.6. The number of nitrogens with zero attached hydrogens (tertiary/aromatic N) is 2. The highest BCUT2D eigenvalue weighted by molar-refractivity contribution is 5.77. The maximum absolute atomic E-state index is 10.6. The third-order valence-electron chi connectivity index (χ3n) is 3.38. The molecule has 2 aromatic rings. The van der Waals surface area contributed by atoms with Gasteiger partial charge in [-0.1, -0.05) is 42.5 Å². The van der Waals surface area contributed by atoms with Crippen LogP contribution in [-0.4, -0.2) is 11.5 Å². The first-order chi connectivity index (χ1) is 11.1. The van der Waals surface area contributed by atoms with Gasteiger partial charge in [-0.3, -0.25) is 10.1 Å². The van der Waals surface area contributed by atoms with Gasteiger partial charge in [-0.2, -0.15) is 5.26 Å². The van der Waals surface area contributed by atoms with Crippen LogP contribution >= 0.6 is 0 Å². The van der Waals surface area contributed by atoms with Crippen molar-refractivity contribution in [3.8, 4) is 6.07 Å². The minimum Gasteiger partial charge on any atom is -0.496 e. The van der Waals surface area contributed by atoms with Crippen molar-refractivity contribution in [2.75, 3.05) is 6.61 Å². The van der Waals surface area contributed by atoms with E-state index in [0.717, 1.165) is 11.1 Å². The Morgan fingerprint density at radius 1 is 1.17 bits per heavy atom. The summed E-state index contributed by atoms with van der Waals surface area (Å²) in [7, 11) is 0. The van der Waals surface area contributed by atoms with Crippen LogP contribution in [0.1, 0.15) is 18.1 Å². The Morgan fingerprint density at radius 2 is 1.83 bits per heavy atom. The molecule has 0 bridgehead atoms. The van der Waals surface area contributed by atoms with Crippen LogP contribution in [0.4, 0.5) is 5.69 Å². The number of hydrogen-bond donors (Lipinski definition) is 0. The fourth-order valence-corrected chi connectivity index (χ4v) is 2.13. The summed E-state index contributed by atoms with van der Waals surface area (Å²) in [5, 5.41) is 19.9. The minimum absolute atomic E-state index is 0.0709. The zero-order chi connectivity index (χ0) is 16.7. The third-order valence-corrected chi connectivity index (χ3v) is 3.38. The first-order valence-electron chi connectivity index (χ1n) is 7.14. The molecule has 0 radical (unpaired) electrons. The number of nitro groups is 1. The molecule has 116 valence electrons. The Balaban J connectivity index is 1.98. The number of hydrogen-bond acceptors (Lipinski definition) is 4. The van der Waals surface area contributed by atoms with Crippen molar-refractivity contribution in [3.63, 3.8) is 0 Å². The summed E-state index contributed by atoms with van der Waals surface area (Å²) < 4.78 is 5.65. The second kappa shape index (κ2) is 7.76. The summed E-state index contributed by atoms with van der Waals surface area (Å²) in [5.41, 5.74) is 2.35. The van der Waals surface area contributed by atoms with Gasteiger partial charge in [0.2, 0.25) is 0 Å². The number of ether oxygens (including phenoxy) is 1. The van der Waals surface area contributed by atoms with Crippen LogP contribution in [0.15, 0.2) is 60.4 Å². The maximum atomic E-state index is 10.6. The Labute approximate surface area is 134 Å². The maximum Gasteiger partial charge on any atom is 0.269 e. The number of nitro benzene ring substituents is 1. The number of rotatable bonds is 6. The van der Waals surface area contributed by atoms with Gasteiger partial charge in [-0.05, 0) is 18.1 Å². The summed E-state index contributed by atoms with van der Waals surface area (Å²) >= 11 is 0. The average molecular weight is 308 g/mol. The fourth-order valence-electron chi connectivity index (χ4n) is 2.13. The van der Waals surface area contributed by atoms with Crippen LogP contribution in [0.5, 0.6) is 0 Å². The molecule has 0 aliphatic rings. The Morgan fingerprint density at radius 3 is 2.39 bits per heavy atom. The van der Waals surface area contributed by atoms with E-state index in [4.69, 9.17) is 4.74 Å². The van der Waals surface area contributed by atoms with Crippen molar-refractivity contribution >= 4 is 11.3 Å². The molecule has 0 spiro atoms. The van der Waals surface area contributed by atoms with Crippen LogP contribution in [0.25, 0.3) is 5.57 Å². The molecule has 5 nitrogen and oxygen atoms in total. The zero-order valence-corrected chi connectivity index (χ0v) is 12.7. The lowest BCUT2D eigenvalue weighted by atomic mass is 10.1. The smallest absolute Gasteiger partial charge is 0.269 e. The largest absolute Gasteiger partial charge is 0.496 e. The average Bonchev–Trinajstić information content (AvgIpc) is 2.57. The quantitative estimate of drug-likeness (QED) is 0.348. The summed E-state index contributed by atoms with van der Waals surface area (Å²) in [6.45, 7) is 2.17. The van der Waals surface area contributed by atoms with Crippen LogP contribution in [0, 0.1) is 21.4 Å². The molecule has 0 fully saturated rings. The molecular weight excluding hydrogens is 292 g/mol. The van der Waals surface area contributed by atoms with E-state index in [0.29, 0.717) is 24.4 Å². The lowest BCUT2D eigenvalue weighted by Gasteiger charge is -2.09. The molecule has 0 aliphatic carbocycles. The van der Waals surface area contributed by atoms with E-state index in [1.54, 1.807) is 19.1 Å². The minimum atomic E-state index is -0.424. The third kappa shape index (κ3) is 4.42. The van der Waals surface area contributed by atoms with E-state index < -0.39 is 4.92 Å². The second-order valence-corrected chi connectivity index (χ2v) is 4.93.